The maximum absolute atomic E-state index is 11.9. The summed E-state index contributed by atoms with van der Waals surface area (Å²) in [5, 5.41) is 17.5. The number of aromatic nitrogens is 1. The van der Waals surface area contributed by atoms with Crippen molar-refractivity contribution in [3.05, 3.63) is 41.6 Å². The molecule has 3 N–H and O–H groups in total. The second-order valence-corrected chi connectivity index (χ2v) is 4.22. The van der Waals surface area contributed by atoms with E-state index in [0.717, 1.165) is 0 Å². The third kappa shape index (κ3) is 5.42. The number of carbonyl (C=O) groups is 1. The molecule has 1 aromatic heterocycles. The SMILES string of the molecule is CCOC(=O)C(/C(N)=N/N=C(\C)c1ccccn1)=C(/O)OCC. The van der Waals surface area contributed by atoms with Gasteiger partial charge >= 0.3 is 5.97 Å². The van der Waals surface area contributed by atoms with Crippen LogP contribution in [-0.2, 0) is 14.3 Å². The molecule has 0 saturated heterocycles. The number of esters is 1. The van der Waals surface area contributed by atoms with Crippen molar-refractivity contribution in [1.29, 1.82) is 0 Å². The average Bonchev–Trinajstić information content (AvgIpc) is 2.54. The average molecular weight is 320 g/mol. The minimum Gasteiger partial charge on any atom is -0.480 e. The van der Waals surface area contributed by atoms with Gasteiger partial charge in [-0.1, -0.05) is 6.07 Å². The summed E-state index contributed by atoms with van der Waals surface area (Å²) in [6, 6.07) is 5.33. The van der Waals surface area contributed by atoms with Crippen LogP contribution in [0.15, 0.2) is 46.1 Å². The summed E-state index contributed by atoms with van der Waals surface area (Å²) in [5.41, 5.74) is 6.47. The normalized spacial score (nSPS) is 13.3. The first-order valence-electron chi connectivity index (χ1n) is 7.03. The van der Waals surface area contributed by atoms with E-state index in [1.165, 1.54) is 0 Å². The van der Waals surface area contributed by atoms with E-state index in [0.29, 0.717) is 11.4 Å². The number of nitrogens with zero attached hydrogens (tertiary/aromatic N) is 3. The smallest absolute Gasteiger partial charge is 0.349 e. The lowest BCUT2D eigenvalue weighted by molar-refractivity contribution is -0.138. The Morgan fingerprint density at radius 3 is 2.52 bits per heavy atom. The molecule has 1 heterocycles. The van der Waals surface area contributed by atoms with E-state index in [-0.39, 0.29) is 24.6 Å². The fourth-order valence-electron chi connectivity index (χ4n) is 1.52. The number of rotatable bonds is 7. The second kappa shape index (κ2) is 9.19. The molecule has 0 atom stereocenters. The standard InChI is InChI=1S/C15H20N4O4/c1-4-22-14(20)12(15(21)23-5-2)13(16)19-18-10(3)11-8-6-7-9-17-11/h6-9,20H,4-5H2,1-3H3,(H2,16,19)/b14-12-,18-10+. The summed E-state index contributed by atoms with van der Waals surface area (Å²) in [7, 11) is 0. The highest BCUT2D eigenvalue weighted by atomic mass is 16.6. The lowest BCUT2D eigenvalue weighted by Gasteiger charge is -2.08. The van der Waals surface area contributed by atoms with Gasteiger partial charge in [-0.2, -0.15) is 5.10 Å². The van der Waals surface area contributed by atoms with Crippen LogP contribution in [0.1, 0.15) is 26.5 Å². The first kappa shape index (κ1) is 18.1. The molecule has 0 fully saturated rings. The predicted octanol–water partition coefficient (Wildman–Crippen LogP) is 1.53. The summed E-state index contributed by atoms with van der Waals surface area (Å²) in [5.74, 6) is -1.81. The van der Waals surface area contributed by atoms with Crippen LogP contribution in [-0.4, -0.2) is 40.8 Å². The maximum Gasteiger partial charge on any atom is 0.349 e. The number of amidine groups is 1. The summed E-state index contributed by atoms with van der Waals surface area (Å²) in [6.45, 7) is 5.23. The molecule has 0 unspecified atom stereocenters. The number of hydrogen-bond donors (Lipinski definition) is 2. The Labute approximate surface area is 134 Å². The summed E-state index contributed by atoms with van der Waals surface area (Å²) in [4.78, 5) is 16.0. The fraction of sp³-hybridized carbons (Fsp3) is 0.333. The van der Waals surface area contributed by atoms with Crippen LogP contribution < -0.4 is 5.73 Å². The topological polar surface area (TPSA) is 119 Å². The minimum absolute atomic E-state index is 0.116. The Hall–Kier alpha value is -2.90. The van der Waals surface area contributed by atoms with Crippen LogP contribution in [0.25, 0.3) is 0 Å². The zero-order chi connectivity index (χ0) is 17.2. The molecule has 0 radical (unpaired) electrons. The maximum atomic E-state index is 11.9. The van der Waals surface area contributed by atoms with Crippen LogP contribution in [0.5, 0.6) is 0 Å². The van der Waals surface area contributed by atoms with E-state index < -0.39 is 11.9 Å². The Kier molecular flexibility index (Phi) is 7.25. The Morgan fingerprint density at radius 2 is 1.96 bits per heavy atom. The number of pyridine rings is 1. The number of aliphatic hydroxyl groups excluding tert-OH is 1. The largest absolute Gasteiger partial charge is 0.480 e. The van der Waals surface area contributed by atoms with E-state index in [2.05, 4.69) is 15.2 Å². The van der Waals surface area contributed by atoms with Crippen molar-refractivity contribution in [1.82, 2.24) is 4.98 Å². The molecular weight excluding hydrogens is 300 g/mol. The monoisotopic (exact) mass is 320 g/mol. The first-order valence-corrected chi connectivity index (χ1v) is 7.03. The van der Waals surface area contributed by atoms with Crippen molar-refractivity contribution in [2.24, 2.45) is 15.9 Å². The van der Waals surface area contributed by atoms with Gasteiger partial charge in [-0.15, -0.1) is 5.10 Å². The van der Waals surface area contributed by atoms with Crippen LogP contribution in [0, 0.1) is 0 Å². The van der Waals surface area contributed by atoms with Crippen molar-refractivity contribution < 1.29 is 19.4 Å². The van der Waals surface area contributed by atoms with Gasteiger partial charge in [0.2, 0.25) is 0 Å². The van der Waals surface area contributed by atoms with E-state index in [1.54, 1.807) is 45.2 Å². The van der Waals surface area contributed by atoms with Gasteiger partial charge in [0.1, 0.15) is 0 Å². The van der Waals surface area contributed by atoms with Crippen LogP contribution in [0.3, 0.4) is 0 Å². The third-order valence-corrected chi connectivity index (χ3v) is 2.57. The zero-order valence-corrected chi connectivity index (χ0v) is 13.3. The second-order valence-electron chi connectivity index (χ2n) is 4.22. The van der Waals surface area contributed by atoms with Gasteiger partial charge in [0.15, 0.2) is 11.4 Å². The molecule has 23 heavy (non-hydrogen) atoms. The van der Waals surface area contributed by atoms with Gasteiger partial charge in [0, 0.05) is 6.20 Å². The molecule has 124 valence electrons. The summed E-state index contributed by atoms with van der Waals surface area (Å²) < 4.78 is 9.72. The van der Waals surface area contributed by atoms with E-state index in [9.17, 15) is 9.90 Å². The van der Waals surface area contributed by atoms with Gasteiger partial charge in [0.25, 0.3) is 5.95 Å². The molecule has 0 spiro atoms. The van der Waals surface area contributed by atoms with E-state index >= 15 is 0 Å². The Bertz CT molecular complexity index is 624. The Balaban J connectivity index is 3.11. The van der Waals surface area contributed by atoms with Gasteiger partial charge < -0.3 is 20.3 Å². The number of nitrogens with two attached hydrogens (primary N) is 1. The Morgan fingerprint density at radius 1 is 1.26 bits per heavy atom. The number of carbonyl (C=O) groups excluding carboxylic acids is 1. The molecule has 8 nitrogen and oxygen atoms in total. The highest BCUT2D eigenvalue weighted by molar-refractivity contribution is 6.18. The molecule has 0 bridgehead atoms. The van der Waals surface area contributed by atoms with E-state index in [4.69, 9.17) is 15.2 Å². The lowest BCUT2D eigenvalue weighted by Crippen LogP contribution is -2.25. The molecule has 0 aliphatic carbocycles. The van der Waals surface area contributed by atoms with Gasteiger partial charge in [-0.05, 0) is 32.9 Å². The van der Waals surface area contributed by atoms with Crippen LogP contribution in [0.2, 0.25) is 0 Å². The van der Waals surface area contributed by atoms with Crippen LogP contribution in [0.4, 0.5) is 0 Å². The quantitative estimate of drug-likeness (QED) is 0.196. The highest BCUT2D eigenvalue weighted by Gasteiger charge is 2.22. The van der Waals surface area contributed by atoms with Crippen molar-refractivity contribution in [3.63, 3.8) is 0 Å². The van der Waals surface area contributed by atoms with Crippen molar-refractivity contribution in [2.75, 3.05) is 13.2 Å². The van der Waals surface area contributed by atoms with Crippen molar-refractivity contribution >= 4 is 17.5 Å². The third-order valence-electron chi connectivity index (χ3n) is 2.57. The zero-order valence-electron chi connectivity index (χ0n) is 13.3. The predicted molar refractivity (Wildman–Crippen MR) is 86.0 cm³/mol. The fourth-order valence-corrected chi connectivity index (χ4v) is 1.52. The number of aliphatic hydroxyl groups is 1. The summed E-state index contributed by atoms with van der Waals surface area (Å²) >= 11 is 0. The summed E-state index contributed by atoms with van der Waals surface area (Å²) in [6.07, 6.45) is 1.62. The minimum atomic E-state index is -0.842. The van der Waals surface area contributed by atoms with Gasteiger partial charge in [0.05, 0.1) is 24.6 Å². The number of ether oxygens (including phenoxy) is 2. The van der Waals surface area contributed by atoms with Crippen molar-refractivity contribution in [3.8, 4) is 0 Å². The molecular formula is C15H20N4O4. The van der Waals surface area contributed by atoms with E-state index in [1.807, 2.05) is 0 Å². The highest BCUT2D eigenvalue weighted by Crippen LogP contribution is 2.08. The lowest BCUT2D eigenvalue weighted by atomic mass is 10.2. The number of hydrogen-bond acceptors (Lipinski definition) is 7. The molecule has 0 saturated carbocycles. The van der Waals surface area contributed by atoms with Crippen LogP contribution >= 0.6 is 0 Å². The molecule has 0 aliphatic heterocycles. The first-order chi connectivity index (χ1) is 11.0. The molecule has 1 aromatic rings. The molecule has 0 aliphatic rings. The molecule has 8 heteroatoms. The van der Waals surface area contributed by atoms with Gasteiger partial charge in [-0.3, -0.25) is 4.98 Å². The van der Waals surface area contributed by atoms with Gasteiger partial charge in [-0.25, -0.2) is 4.79 Å². The van der Waals surface area contributed by atoms with Crippen molar-refractivity contribution in [2.45, 2.75) is 20.8 Å². The molecule has 0 amide bonds. The molecule has 0 aromatic carbocycles. The molecule has 1 rings (SSSR count).